The third kappa shape index (κ3) is 4.27. The van der Waals surface area contributed by atoms with E-state index in [0.29, 0.717) is 19.7 Å². The molecule has 2 aromatic rings. The molecule has 0 saturated carbocycles. The van der Waals surface area contributed by atoms with Crippen LogP contribution in [-0.2, 0) is 21.4 Å². The Morgan fingerprint density at radius 1 is 1.08 bits per heavy atom. The number of hydrogen-bond acceptors (Lipinski definition) is 3. The van der Waals surface area contributed by atoms with Gasteiger partial charge in [0.2, 0.25) is 5.91 Å². The van der Waals surface area contributed by atoms with Crippen LogP contribution in [0, 0.1) is 0 Å². The van der Waals surface area contributed by atoms with Gasteiger partial charge in [-0.05, 0) is 24.0 Å². The maximum Gasteiger partial charge on any atom is 0.248 e. The van der Waals surface area contributed by atoms with Crippen LogP contribution in [0.25, 0.3) is 0 Å². The third-order valence-corrected chi connectivity index (χ3v) is 5.00. The Kier molecular flexibility index (Phi) is 5.84. The SMILES string of the molecule is O=C(COCCc1ccccc1)N1CCC(CO)(c2ccccc2)C1. The summed E-state index contributed by atoms with van der Waals surface area (Å²) in [6.07, 6.45) is 1.59. The Bertz CT molecular complexity index is 674. The Hall–Kier alpha value is -2.17. The van der Waals surface area contributed by atoms with Gasteiger partial charge in [-0.15, -0.1) is 0 Å². The van der Waals surface area contributed by atoms with E-state index in [1.165, 1.54) is 5.56 Å². The molecule has 3 rings (SSSR count). The summed E-state index contributed by atoms with van der Waals surface area (Å²) >= 11 is 0. The molecule has 1 fully saturated rings. The second-order valence-electron chi connectivity index (χ2n) is 6.66. The van der Waals surface area contributed by atoms with Crippen LogP contribution in [0.1, 0.15) is 17.5 Å². The smallest absolute Gasteiger partial charge is 0.248 e. The Labute approximate surface area is 149 Å². The number of nitrogens with zero attached hydrogens (tertiary/aromatic N) is 1. The van der Waals surface area contributed by atoms with Crippen molar-refractivity contribution < 1.29 is 14.6 Å². The fraction of sp³-hybridized carbons (Fsp3) is 0.381. The van der Waals surface area contributed by atoms with Gasteiger partial charge >= 0.3 is 0 Å². The van der Waals surface area contributed by atoms with Gasteiger partial charge in [0, 0.05) is 18.5 Å². The molecule has 1 amide bonds. The minimum atomic E-state index is -0.346. The molecule has 2 aromatic carbocycles. The summed E-state index contributed by atoms with van der Waals surface area (Å²) in [5.74, 6) is -0.000632. The number of aliphatic hydroxyl groups is 1. The average Bonchev–Trinajstić information content (AvgIpc) is 3.13. The first-order valence-corrected chi connectivity index (χ1v) is 8.79. The summed E-state index contributed by atoms with van der Waals surface area (Å²) in [4.78, 5) is 14.2. The molecule has 1 unspecified atom stereocenters. The molecule has 1 atom stereocenters. The van der Waals surface area contributed by atoms with E-state index >= 15 is 0 Å². The second-order valence-corrected chi connectivity index (χ2v) is 6.66. The zero-order valence-electron chi connectivity index (χ0n) is 14.4. The number of ether oxygens (including phenoxy) is 1. The van der Waals surface area contributed by atoms with Crippen LogP contribution in [0.15, 0.2) is 60.7 Å². The van der Waals surface area contributed by atoms with Crippen molar-refractivity contribution >= 4 is 5.91 Å². The van der Waals surface area contributed by atoms with Crippen molar-refractivity contribution in [3.63, 3.8) is 0 Å². The number of carbonyl (C=O) groups is 1. The molecule has 1 aliphatic heterocycles. The highest BCUT2D eigenvalue weighted by atomic mass is 16.5. The van der Waals surface area contributed by atoms with Crippen LogP contribution in [-0.4, -0.2) is 48.8 Å². The molecule has 0 radical (unpaired) electrons. The quantitative estimate of drug-likeness (QED) is 0.788. The summed E-state index contributed by atoms with van der Waals surface area (Å²) in [5.41, 5.74) is 1.96. The lowest BCUT2D eigenvalue weighted by atomic mass is 9.80. The Morgan fingerprint density at radius 3 is 2.44 bits per heavy atom. The summed E-state index contributed by atoms with van der Waals surface area (Å²) in [5, 5.41) is 9.94. The van der Waals surface area contributed by atoms with Gasteiger partial charge in [-0.3, -0.25) is 4.79 Å². The molecule has 132 valence electrons. The second kappa shape index (κ2) is 8.28. The van der Waals surface area contributed by atoms with Crippen molar-refractivity contribution in [2.24, 2.45) is 0 Å². The molecule has 1 aliphatic rings. The summed E-state index contributed by atoms with van der Waals surface area (Å²) in [6.45, 7) is 1.90. The summed E-state index contributed by atoms with van der Waals surface area (Å²) in [7, 11) is 0. The maximum atomic E-state index is 12.4. The molecule has 25 heavy (non-hydrogen) atoms. The van der Waals surface area contributed by atoms with E-state index in [4.69, 9.17) is 4.74 Å². The summed E-state index contributed by atoms with van der Waals surface area (Å²) in [6, 6.07) is 20.1. The molecule has 4 nitrogen and oxygen atoms in total. The van der Waals surface area contributed by atoms with Gasteiger partial charge < -0.3 is 14.7 Å². The van der Waals surface area contributed by atoms with Gasteiger partial charge in [-0.2, -0.15) is 0 Å². The topological polar surface area (TPSA) is 49.8 Å². The predicted octanol–water partition coefficient (Wildman–Crippen LogP) is 2.41. The average molecular weight is 339 g/mol. The Morgan fingerprint density at radius 2 is 1.76 bits per heavy atom. The van der Waals surface area contributed by atoms with E-state index in [9.17, 15) is 9.90 Å². The van der Waals surface area contributed by atoms with Crippen LogP contribution in [0.2, 0.25) is 0 Å². The maximum absolute atomic E-state index is 12.4. The van der Waals surface area contributed by atoms with Crippen LogP contribution in [0.5, 0.6) is 0 Å². The highest BCUT2D eigenvalue weighted by Gasteiger charge is 2.40. The number of likely N-dealkylation sites (tertiary alicyclic amines) is 1. The van der Waals surface area contributed by atoms with Gasteiger partial charge in [0.15, 0.2) is 0 Å². The standard InChI is InChI=1S/C21H25NO3/c23-17-21(19-9-5-2-6-10-19)12-13-22(16-21)20(24)15-25-14-11-18-7-3-1-4-8-18/h1-10,23H,11-17H2. The van der Waals surface area contributed by atoms with Crippen molar-refractivity contribution in [2.45, 2.75) is 18.3 Å². The number of amides is 1. The fourth-order valence-electron chi connectivity index (χ4n) is 3.42. The minimum absolute atomic E-state index is 0.000632. The fourth-order valence-corrected chi connectivity index (χ4v) is 3.42. The van der Waals surface area contributed by atoms with E-state index in [0.717, 1.165) is 18.4 Å². The lowest BCUT2D eigenvalue weighted by Crippen LogP contribution is -2.38. The molecule has 0 aliphatic carbocycles. The number of hydrogen-bond donors (Lipinski definition) is 1. The van der Waals surface area contributed by atoms with E-state index in [-0.39, 0.29) is 24.5 Å². The molecule has 1 saturated heterocycles. The zero-order valence-corrected chi connectivity index (χ0v) is 14.4. The molecule has 1 N–H and O–H groups in total. The molecule has 0 bridgehead atoms. The number of rotatable bonds is 7. The van der Waals surface area contributed by atoms with Crippen molar-refractivity contribution in [3.8, 4) is 0 Å². The van der Waals surface area contributed by atoms with Gasteiger partial charge in [0.25, 0.3) is 0 Å². The van der Waals surface area contributed by atoms with Gasteiger partial charge in [0.05, 0.1) is 13.2 Å². The first-order chi connectivity index (χ1) is 12.2. The van der Waals surface area contributed by atoms with Crippen molar-refractivity contribution in [1.82, 2.24) is 4.90 Å². The highest BCUT2D eigenvalue weighted by Crippen LogP contribution is 2.34. The number of aliphatic hydroxyl groups excluding tert-OH is 1. The lowest BCUT2D eigenvalue weighted by Gasteiger charge is -2.27. The third-order valence-electron chi connectivity index (χ3n) is 5.00. The van der Waals surface area contributed by atoms with E-state index in [1.807, 2.05) is 53.4 Å². The molecular weight excluding hydrogens is 314 g/mol. The number of carbonyl (C=O) groups excluding carboxylic acids is 1. The molecule has 0 aromatic heterocycles. The van der Waals surface area contributed by atoms with Crippen LogP contribution in [0.4, 0.5) is 0 Å². The van der Waals surface area contributed by atoms with Crippen LogP contribution < -0.4 is 0 Å². The first kappa shape index (κ1) is 17.6. The van der Waals surface area contributed by atoms with Crippen molar-refractivity contribution in [3.05, 3.63) is 71.8 Å². The summed E-state index contributed by atoms with van der Waals surface area (Å²) < 4.78 is 5.57. The zero-order chi connectivity index (χ0) is 17.5. The van der Waals surface area contributed by atoms with Gasteiger partial charge in [-0.1, -0.05) is 60.7 Å². The van der Waals surface area contributed by atoms with E-state index in [1.54, 1.807) is 0 Å². The van der Waals surface area contributed by atoms with Gasteiger partial charge in [-0.25, -0.2) is 0 Å². The largest absolute Gasteiger partial charge is 0.395 e. The lowest BCUT2D eigenvalue weighted by molar-refractivity contribution is -0.135. The van der Waals surface area contributed by atoms with Crippen molar-refractivity contribution in [1.29, 1.82) is 0 Å². The van der Waals surface area contributed by atoms with Crippen molar-refractivity contribution in [2.75, 3.05) is 32.9 Å². The normalized spacial score (nSPS) is 20.0. The molecular formula is C21H25NO3. The van der Waals surface area contributed by atoms with Crippen LogP contribution in [0.3, 0.4) is 0 Å². The van der Waals surface area contributed by atoms with Gasteiger partial charge in [0.1, 0.15) is 6.61 Å². The highest BCUT2D eigenvalue weighted by molar-refractivity contribution is 5.78. The molecule has 4 heteroatoms. The van der Waals surface area contributed by atoms with E-state index < -0.39 is 0 Å². The monoisotopic (exact) mass is 339 g/mol. The predicted molar refractivity (Wildman–Crippen MR) is 97.4 cm³/mol. The number of benzene rings is 2. The minimum Gasteiger partial charge on any atom is -0.395 e. The molecule has 0 spiro atoms. The first-order valence-electron chi connectivity index (χ1n) is 8.79. The Balaban J connectivity index is 1.49. The van der Waals surface area contributed by atoms with Crippen LogP contribution >= 0.6 is 0 Å². The molecule has 1 heterocycles. The van der Waals surface area contributed by atoms with E-state index in [2.05, 4.69) is 12.1 Å².